The number of benzene rings is 1. The van der Waals surface area contributed by atoms with Crippen LogP contribution in [0.25, 0.3) is 0 Å². The molecule has 1 aliphatic heterocycles. The molecule has 1 amide bonds. The summed E-state index contributed by atoms with van der Waals surface area (Å²) >= 11 is 0. The van der Waals surface area contributed by atoms with E-state index in [2.05, 4.69) is 10.4 Å². The molecule has 1 aromatic heterocycles. The van der Waals surface area contributed by atoms with Gasteiger partial charge in [0.25, 0.3) is 0 Å². The lowest BCUT2D eigenvalue weighted by Crippen LogP contribution is -2.41. The summed E-state index contributed by atoms with van der Waals surface area (Å²) in [6, 6.07) is 6.92. The zero-order chi connectivity index (χ0) is 17.6. The van der Waals surface area contributed by atoms with Gasteiger partial charge in [0.1, 0.15) is 0 Å². The number of anilines is 3. The van der Waals surface area contributed by atoms with Gasteiger partial charge in [0.15, 0.2) is 5.82 Å². The minimum Gasteiger partial charge on any atom is -0.465 e. The summed E-state index contributed by atoms with van der Waals surface area (Å²) < 4.78 is 0.826. The lowest BCUT2D eigenvalue weighted by molar-refractivity contribution is 0.0955. The first-order chi connectivity index (χ1) is 11.2. The average molecular weight is 331 g/mol. The second-order valence-corrected chi connectivity index (χ2v) is 6.05. The van der Waals surface area contributed by atoms with Gasteiger partial charge in [-0.15, -0.1) is 5.10 Å². The van der Waals surface area contributed by atoms with E-state index in [0.29, 0.717) is 28.5 Å². The molecule has 2 aromatic rings. The van der Waals surface area contributed by atoms with Crippen molar-refractivity contribution in [1.29, 1.82) is 0 Å². The van der Waals surface area contributed by atoms with Crippen LogP contribution in [0.15, 0.2) is 24.3 Å². The Balaban J connectivity index is 2.10. The molecule has 126 valence electrons. The minimum absolute atomic E-state index is 0.0512. The molecule has 0 unspecified atom stereocenters. The van der Waals surface area contributed by atoms with E-state index in [-0.39, 0.29) is 6.54 Å². The predicted octanol–water partition coefficient (Wildman–Crippen LogP) is 2.46. The molecule has 5 N–H and O–H groups in total. The summed E-state index contributed by atoms with van der Waals surface area (Å²) in [7, 11) is 0. The van der Waals surface area contributed by atoms with E-state index in [1.165, 1.54) is 4.90 Å². The van der Waals surface area contributed by atoms with Crippen LogP contribution in [0.2, 0.25) is 0 Å². The highest BCUT2D eigenvalue weighted by Gasteiger charge is 2.46. The first-order valence-corrected chi connectivity index (χ1v) is 7.20. The third kappa shape index (κ3) is 2.30. The van der Waals surface area contributed by atoms with Crippen LogP contribution >= 0.6 is 0 Å². The van der Waals surface area contributed by atoms with Crippen LogP contribution in [0.5, 0.6) is 0 Å². The van der Waals surface area contributed by atoms with E-state index in [0.717, 1.165) is 4.68 Å². The number of carbonyl (C=O) groups is 2. The molecule has 0 saturated carbocycles. The molecule has 9 heteroatoms. The fraction of sp³-hybridized carbons (Fsp3) is 0.267. The van der Waals surface area contributed by atoms with Gasteiger partial charge in [0.05, 0.1) is 17.8 Å². The minimum atomic E-state index is -1.27. The fourth-order valence-corrected chi connectivity index (χ4v) is 3.01. The normalized spacial score (nSPS) is 15.2. The maximum absolute atomic E-state index is 11.5. The number of nitrogen functional groups attached to an aromatic ring is 1. The number of hydrogen-bond donors (Lipinski definition) is 4. The Bertz CT molecular complexity index is 842. The SMILES string of the molecule is CC1(C)c2c(c(Nc3cccc(N)c3)nn2C(=O)O)CN1C(=O)O. The van der Waals surface area contributed by atoms with Crippen molar-refractivity contribution in [2.24, 2.45) is 0 Å². The molecular weight excluding hydrogens is 314 g/mol. The Morgan fingerprint density at radius 2 is 2.00 bits per heavy atom. The van der Waals surface area contributed by atoms with Crippen molar-refractivity contribution >= 4 is 29.4 Å². The van der Waals surface area contributed by atoms with Crippen LogP contribution in [-0.2, 0) is 12.1 Å². The Kier molecular flexibility index (Phi) is 3.36. The van der Waals surface area contributed by atoms with Gasteiger partial charge in [-0.05, 0) is 32.0 Å². The summed E-state index contributed by atoms with van der Waals surface area (Å²) in [5.41, 5.74) is 6.78. The molecular formula is C15H17N5O4. The van der Waals surface area contributed by atoms with E-state index in [1.54, 1.807) is 38.1 Å². The van der Waals surface area contributed by atoms with E-state index in [9.17, 15) is 19.8 Å². The largest absolute Gasteiger partial charge is 0.465 e. The molecule has 0 bridgehead atoms. The van der Waals surface area contributed by atoms with Gasteiger partial charge in [-0.2, -0.15) is 4.68 Å². The standard InChI is InChI=1S/C15H17N5O4/c1-15(2)11-10(7-19(15)13(21)22)12(18-20(11)14(23)24)17-9-5-3-4-8(16)6-9/h3-6H,7,16H2,1-2H3,(H,17,18)(H,21,22)(H,23,24). The number of nitrogens with one attached hydrogen (secondary N) is 1. The fourth-order valence-electron chi connectivity index (χ4n) is 3.01. The van der Waals surface area contributed by atoms with Crippen LogP contribution in [0.4, 0.5) is 26.8 Å². The molecule has 3 rings (SSSR count). The number of amides is 1. The molecule has 0 fully saturated rings. The van der Waals surface area contributed by atoms with Crippen molar-refractivity contribution in [3.05, 3.63) is 35.5 Å². The van der Waals surface area contributed by atoms with Gasteiger partial charge < -0.3 is 21.3 Å². The van der Waals surface area contributed by atoms with Crippen molar-refractivity contribution in [1.82, 2.24) is 14.7 Å². The lowest BCUT2D eigenvalue weighted by atomic mass is 10.0. The van der Waals surface area contributed by atoms with Gasteiger partial charge in [0, 0.05) is 16.9 Å². The Labute approximate surface area is 137 Å². The molecule has 24 heavy (non-hydrogen) atoms. The van der Waals surface area contributed by atoms with Gasteiger partial charge >= 0.3 is 12.2 Å². The van der Waals surface area contributed by atoms with Crippen molar-refractivity contribution in [3.8, 4) is 0 Å². The Hall–Kier alpha value is -3.23. The van der Waals surface area contributed by atoms with Crippen LogP contribution in [0.1, 0.15) is 25.1 Å². The summed E-state index contributed by atoms with van der Waals surface area (Å²) in [6.45, 7) is 3.35. The van der Waals surface area contributed by atoms with E-state index >= 15 is 0 Å². The van der Waals surface area contributed by atoms with Gasteiger partial charge in [0.2, 0.25) is 0 Å². The highest BCUT2D eigenvalue weighted by atomic mass is 16.4. The van der Waals surface area contributed by atoms with Crippen molar-refractivity contribution in [3.63, 3.8) is 0 Å². The molecule has 0 saturated heterocycles. The molecule has 0 spiro atoms. The smallest absolute Gasteiger partial charge is 0.432 e. The summed E-state index contributed by atoms with van der Waals surface area (Å²) in [4.78, 5) is 24.2. The third-order valence-corrected chi connectivity index (χ3v) is 4.12. The number of hydrogen-bond acceptors (Lipinski definition) is 5. The second kappa shape index (κ2) is 5.15. The zero-order valence-corrected chi connectivity index (χ0v) is 13.1. The molecule has 0 aliphatic carbocycles. The number of nitrogens with two attached hydrogens (primary N) is 1. The van der Waals surface area contributed by atoms with E-state index in [4.69, 9.17) is 5.73 Å². The van der Waals surface area contributed by atoms with Gasteiger partial charge in [-0.3, -0.25) is 4.90 Å². The van der Waals surface area contributed by atoms with Crippen molar-refractivity contribution in [2.45, 2.75) is 25.9 Å². The van der Waals surface area contributed by atoms with E-state index in [1.807, 2.05) is 0 Å². The zero-order valence-electron chi connectivity index (χ0n) is 13.1. The lowest BCUT2D eigenvalue weighted by Gasteiger charge is -2.29. The number of nitrogens with zero attached hydrogens (tertiary/aromatic N) is 3. The van der Waals surface area contributed by atoms with Crippen molar-refractivity contribution in [2.75, 3.05) is 11.1 Å². The van der Waals surface area contributed by atoms with E-state index < -0.39 is 17.7 Å². The molecule has 2 heterocycles. The topological polar surface area (TPSA) is 134 Å². The highest BCUT2D eigenvalue weighted by Crippen LogP contribution is 2.42. The summed E-state index contributed by atoms with van der Waals surface area (Å²) in [5.74, 6) is 0.301. The average Bonchev–Trinajstić information content (AvgIpc) is 2.96. The Morgan fingerprint density at radius 3 is 2.58 bits per heavy atom. The first kappa shape index (κ1) is 15.7. The van der Waals surface area contributed by atoms with Crippen LogP contribution in [0.3, 0.4) is 0 Å². The molecule has 1 aromatic carbocycles. The summed E-state index contributed by atoms with van der Waals surface area (Å²) in [5, 5.41) is 25.9. The monoisotopic (exact) mass is 331 g/mol. The van der Waals surface area contributed by atoms with Crippen molar-refractivity contribution < 1.29 is 19.8 Å². The number of carboxylic acid groups (broad SMARTS) is 2. The second-order valence-electron chi connectivity index (χ2n) is 6.05. The Morgan fingerprint density at radius 1 is 1.29 bits per heavy atom. The summed E-state index contributed by atoms with van der Waals surface area (Å²) in [6.07, 6.45) is -2.39. The first-order valence-electron chi connectivity index (χ1n) is 7.20. The van der Waals surface area contributed by atoms with Crippen LogP contribution in [0, 0.1) is 0 Å². The van der Waals surface area contributed by atoms with Gasteiger partial charge in [-0.25, -0.2) is 9.59 Å². The van der Waals surface area contributed by atoms with Gasteiger partial charge in [-0.1, -0.05) is 6.07 Å². The highest BCUT2D eigenvalue weighted by molar-refractivity contribution is 5.76. The number of aromatic nitrogens is 2. The maximum atomic E-state index is 11.5. The number of rotatable bonds is 2. The third-order valence-electron chi connectivity index (χ3n) is 4.12. The van der Waals surface area contributed by atoms with Crippen LogP contribution in [-0.4, -0.2) is 37.1 Å². The predicted molar refractivity (Wildman–Crippen MR) is 86.4 cm³/mol. The molecule has 0 atom stereocenters. The molecule has 1 aliphatic rings. The quantitative estimate of drug-likeness (QED) is 0.621. The molecule has 9 nitrogen and oxygen atoms in total. The number of fused-ring (bicyclic) bond motifs is 1. The maximum Gasteiger partial charge on any atom is 0.432 e. The van der Waals surface area contributed by atoms with Crippen LogP contribution < -0.4 is 11.1 Å². The molecule has 0 radical (unpaired) electrons.